The summed E-state index contributed by atoms with van der Waals surface area (Å²) >= 11 is 0. The van der Waals surface area contributed by atoms with E-state index in [1.807, 2.05) is 55.5 Å². The average Bonchev–Trinajstić information content (AvgIpc) is 3.26. The molecule has 6 nitrogen and oxygen atoms in total. The molecule has 1 aliphatic rings. The van der Waals surface area contributed by atoms with Gasteiger partial charge < -0.3 is 19.0 Å². The van der Waals surface area contributed by atoms with E-state index in [2.05, 4.69) is 4.98 Å². The maximum atomic E-state index is 11.6. The zero-order valence-electron chi connectivity index (χ0n) is 17.6. The average molecular weight is 421 g/mol. The Morgan fingerprint density at radius 3 is 2.55 bits per heavy atom. The first-order chi connectivity index (χ1) is 15.1. The quantitative estimate of drug-likeness (QED) is 0.525. The van der Waals surface area contributed by atoms with E-state index in [-0.39, 0.29) is 12.2 Å². The summed E-state index contributed by atoms with van der Waals surface area (Å²) in [6, 6.07) is 15.3. The largest absolute Gasteiger partial charge is 0.478 e. The lowest BCUT2D eigenvalue weighted by molar-refractivity contribution is -0.0563. The Morgan fingerprint density at radius 2 is 1.81 bits per heavy atom. The molecular weight excluding hydrogens is 394 g/mol. The fourth-order valence-electron chi connectivity index (χ4n) is 4.06. The second kappa shape index (κ2) is 9.90. The van der Waals surface area contributed by atoms with Crippen LogP contribution in [0.15, 0.2) is 59.2 Å². The smallest absolute Gasteiger partial charge is 0.336 e. The van der Waals surface area contributed by atoms with Gasteiger partial charge in [-0.05, 0) is 55.9 Å². The summed E-state index contributed by atoms with van der Waals surface area (Å²) < 4.78 is 17.7. The van der Waals surface area contributed by atoms with Gasteiger partial charge >= 0.3 is 5.97 Å². The highest BCUT2D eigenvalue weighted by Gasteiger charge is 2.24. The van der Waals surface area contributed by atoms with Gasteiger partial charge in [-0.1, -0.05) is 36.4 Å². The number of carbonyl (C=O) groups is 1. The van der Waals surface area contributed by atoms with Gasteiger partial charge in [0.1, 0.15) is 12.0 Å². The summed E-state index contributed by atoms with van der Waals surface area (Å²) in [4.78, 5) is 16.1. The molecule has 162 valence electrons. The molecule has 1 N–H and O–H groups in total. The van der Waals surface area contributed by atoms with E-state index in [4.69, 9.17) is 13.9 Å². The van der Waals surface area contributed by atoms with Gasteiger partial charge in [0.05, 0.1) is 31.0 Å². The lowest BCUT2D eigenvalue weighted by Gasteiger charge is -2.29. The van der Waals surface area contributed by atoms with Crippen LogP contribution in [0.4, 0.5) is 0 Å². The van der Waals surface area contributed by atoms with Crippen LogP contribution in [-0.4, -0.2) is 28.3 Å². The highest BCUT2D eigenvalue weighted by Crippen LogP contribution is 2.26. The van der Waals surface area contributed by atoms with Gasteiger partial charge in [0.15, 0.2) is 0 Å². The van der Waals surface area contributed by atoms with E-state index in [1.165, 1.54) is 0 Å². The molecule has 0 saturated heterocycles. The number of nitrogens with zero attached hydrogens (tertiary/aromatic N) is 1. The molecule has 1 aliphatic carbocycles. The van der Waals surface area contributed by atoms with Crippen LogP contribution in [0.2, 0.25) is 0 Å². The number of hydrogen-bond acceptors (Lipinski definition) is 5. The second-order valence-corrected chi connectivity index (χ2v) is 7.96. The van der Waals surface area contributed by atoms with Crippen LogP contribution in [0, 0.1) is 6.92 Å². The topological polar surface area (TPSA) is 81.8 Å². The minimum Gasteiger partial charge on any atom is -0.478 e. The molecule has 2 atom stereocenters. The molecule has 1 saturated carbocycles. The van der Waals surface area contributed by atoms with Crippen molar-refractivity contribution >= 4 is 5.97 Å². The van der Waals surface area contributed by atoms with Crippen molar-refractivity contribution in [1.82, 2.24) is 4.98 Å². The van der Waals surface area contributed by atoms with Crippen molar-refractivity contribution in [2.24, 2.45) is 0 Å². The Hall–Kier alpha value is -2.96. The van der Waals surface area contributed by atoms with Gasteiger partial charge in [0, 0.05) is 5.56 Å². The molecule has 1 aromatic heterocycles. The van der Waals surface area contributed by atoms with E-state index in [0.717, 1.165) is 42.5 Å². The molecule has 0 radical (unpaired) electrons. The number of aryl methyl sites for hydroxylation is 1. The summed E-state index contributed by atoms with van der Waals surface area (Å²) in [6.07, 6.45) is 5.53. The van der Waals surface area contributed by atoms with Crippen molar-refractivity contribution in [2.45, 2.75) is 58.0 Å². The first-order valence-electron chi connectivity index (χ1n) is 10.6. The Bertz CT molecular complexity index is 1010. The first-order valence-corrected chi connectivity index (χ1v) is 10.6. The van der Waals surface area contributed by atoms with E-state index in [1.54, 1.807) is 6.26 Å². The zero-order valence-corrected chi connectivity index (χ0v) is 17.6. The van der Waals surface area contributed by atoms with Crippen molar-refractivity contribution in [3.8, 4) is 11.5 Å². The fourth-order valence-corrected chi connectivity index (χ4v) is 4.06. The number of carboxylic acids is 1. The number of aromatic carboxylic acids is 1. The number of ether oxygens (including phenoxy) is 2. The monoisotopic (exact) mass is 421 g/mol. The molecule has 0 aliphatic heterocycles. The van der Waals surface area contributed by atoms with Gasteiger partial charge in [-0.25, -0.2) is 9.78 Å². The minimum absolute atomic E-state index is 0.0538. The zero-order chi connectivity index (χ0) is 21.6. The third kappa shape index (κ3) is 5.40. The van der Waals surface area contributed by atoms with Crippen LogP contribution in [0.5, 0.6) is 0 Å². The molecule has 0 unspecified atom stereocenters. The van der Waals surface area contributed by atoms with Crippen LogP contribution < -0.4 is 0 Å². The van der Waals surface area contributed by atoms with Crippen LogP contribution >= 0.6 is 0 Å². The van der Waals surface area contributed by atoms with Crippen molar-refractivity contribution in [2.75, 3.05) is 0 Å². The maximum absolute atomic E-state index is 11.6. The summed E-state index contributed by atoms with van der Waals surface area (Å²) in [5, 5.41) is 9.49. The van der Waals surface area contributed by atoms with Gasteiger partial charge in [-0.2, -0.15) is 0 Å². The number of benzene rings is 2. The normalized spacial score (nSPS) is 18.7. The molecule has 0 bridgehead atoms. The van der Waals surface area contributed by atoms with Crippen LogP contribution in [0.1, 0.15) is 52.9 Å². The van der Waals surface area contributed by atoms with Gasteiger partial charge in [0.25, 0.3) is 0 Å². The van der Waals surface area contributed by atoms with Crippen LogP contribution in [0.3, 0.4) is 0 Å². The molecule has 2 aromatic carbocycles. The van der Waals surface area contributed by atoms with E-state index >= 15 is 0 Å². The molecule has 1 fully saturated rings. The summed E-state index contributed by atoms with van der Waals surface area (Å²) in [5.74, 6) is -0.319. The van der Waals surface area contributed by atoms with Crippen LogP contribution in [0.25, 0.3) is 11.5 Å². The first kappa shape index (κ1) is 21.3. The standard InChI is InChI=1S/C25H27NO5/c1-17-7-5-10-19(23(17)25(27)28)14-29-21-11-6-12-22(13-21)30-15-20-16-31-24(26-20)18-8-3-2-4-9-18/h2-5,7-10,16,21-22H,6,11-15H2,1H3,(H,27,28)/t21-,22+/m1/s1. The Kier molecular flexibility index (Phi) is 6.79. The van der Waals surface area contributed by atoms with E-state index < -0.39 is 5.97 Å². The SMILES string of the molecule is Cc1cccc(CO[C@@H]2CCC[C@H](OCc3coc(-c4ccccc4)n3)C2)c1C(=O)O. The molecule has 3 aromatic rings. The molecule has 4 rings (SSSR count). The van der Waals surface area contributed by atoms with Crippen LogP contribution in [-0.2, 0) is 22.7 Å². The number of oxazole rings is 1. The number of hydrogen-bond donors (Lipinski definition) is 1. The molecule has 31 heavy (non-hydrogen) atoms. The van der Waals surface area contributed by atoms with Crippen molar-refractivity contribution in [3.63, 3.8) is 0 Å². The summed E-state index contributed by atoms with van der Waals surface area (Å²) in [5.41, 5.74) is 3.52. The van der Waals surface area contributed by atoms with Crippen molar-refractivity contribution < 1.29 is 23.8 Å². The Morgan fingerprint density at radius 1 is 1.06 bits per heavy atom. The minimum atomic E-state index is -0.913. The molecule has 1 heterocycles. The highest BCUT2D eigenvalue weighted by atomic mass is 16.5. The second-order valence-electron chi connectivity index (χ2n) is 7.96. The highest BCUT2D eigenvalue weighted by molar-refractivity contribution is 5.91. The predicted molar refractivity (Wildman–Crippen MR) is 116 cm³/mol. The third-order valence-corrected chi connectivity index (χ3v) is 5.66. The Balaban J connectivity index is 1.29. The van der Waals surface area contributed by atoms with E-state index in [9.17, 15) is 9.90 Å². The van der Waals surface area contributed by atoms with Gasteiger partial charge in [-0.3, -0.25) is 0 Å². The lowest BCUT2D eigenvalue weighted by atomic mass is 9.94. The maximum Gasteiger partial charge on any atom is 0.336 e. The number of carboxylic acid groups (broad SMARTS) is 1. The molecular formula is C25H27NO5. The molecule has 0 amide bonds. The van der Waals surface area contributed by atoms with Crippen molar-refractivity contribution in [3.05, 3.63) is 77.2 Å². The number of aromatic nitrogens is 1. The molecule has 6 heteroatoms. The third-order valence-electron chi connectivity index (χ3n) is 5.66. The van der Waals surface area contributed by atoms with Gasteiger partial charge in [0.2, 0.25) is 5.89 Å². The molecule has 0 spiro atoms. The predicted octanol–water partition coefficient (Wildman–Crippen LogP) is 5.39. The Labute approximate surface area is 181 Å². The number of rotatable bonds is 8. The fraction of sp³-hybridized carbons (Fsp3) is 0.360. The summed E-state index contributed by atoms with van der Waals surface area (Å²) in [6.45, 7) is 2.50. The van der Waals surface area contributed by atoms with E-state index in [0.29, 0.717) is 30.2 Å². The van der Waals surface area contributed by atoms with Crippen molar-refractivity contribution in [1.29, 1.82) is 0 Å². The summed E-state index contributed by atoms with van der Waals surface area (Å²) in [7, 11) is 0. The lowest BCUT2D eigenvalue weighted by Crippen LogP contribution is -2.28. The van der Waals surface area contributed by atoms with Gasteiger partial charge in [-0.15, -0.1) is 0 Å².